The molecule has 1 N–H and O–H groups in total. The van der Waals surface area contributed by atoms with Gasteiger partial charge in [0.05, 0.1) is 15.6 Å². The first kappa shape index (κ1) is 15.3. The molecule has 0 amide bonds. The van der Waals surface area contributed by atoms with E-state index in [1.54, 1.807) is 6.07 Å². The summed E-state index contributed by atoms with van der Waals surface area (Å²) in [6, 6.07) is 4.51. The van der Waals surface area contributed by atoms with Gasteiger partial charge in [-0.25, -0.2) is 13.4 Å². The smallest absolute Gasteiger partial charge is 0.255 e. The van der Waals surface area contributed by atoms with E-state index in [9.17, 15) is 8.42 Å². The number of hydrogen-bond acceptors (Lipinski definition) is 4. The highest BCUT2D eigenvalue weighted by molar-refractivity contribution is 9.10. The van der Waals surface area contributed by atoms with E-state index in [-0.39, 0.29) is 4.90 Å². The number of benzene rings is 1. The van der Waals surface area contributed by atoms with Gasteiger partial charge in [-0.05, 0) is 59.8 Å². The SMILES string of the molecule is O=S(=O)(Nc1nc2c(s1)CCCC2)c1ccc(Cl)c(Br)c1. The third-order valence-electron chi connectivity index (χ3n) is 3.27. The van der Waals surface area contributed by atoms with E-state index in [1.165, 1.54) is 28.3 Å². The van der Waals surface area contributed by atoms with Gasteiger partial charge in [0.15, 0.2) is 5.13 Å². The van der Waals surface area contributed by atoms with Crippen LogP contribution in [0.4, 0.5) is 5.13 Å². The highest BCUT2D eigenvalue weighted by atomic mass is 79.9. The molecule has 21 heavy (non-hydrogen) atoms. The molecule has 0 atom stereocenters. The lowest BCUT2D eigenvalue weighted by Gasteiger charge is -2.06. The summed E-state index contributed by atoms with van der Waals surface area (Å²) in [6.07, 6.45) is 4.18. The van der Waals surface area contributed by atoms with Crippen molar-refractivity contribution in [2.45, 2.75) is 30.6 Å². The van der Waals surface area contributed by atoms with Crippen molar-refractivity contribution in [1.82, 2.24) is 4.98 Å². The van der Waals surface area contributed by atoms with Gasteiger partial charge in [0.1, 0.15) is 0 Å². The van der Waals surface area contributed by atoms with E-state index in [0.717, 1.165) is 31.4 Å². The summed E-state index contributed by atoms with van der Waals surface area (Å²) in [5.74, 6) is 0. The van der Waals surface area contributed by atoms with Crippen LogP contribution in [0.2, 0.25) is 5.02 Å². The largest absolute Gasteiger partial charge is 0.263 e. The minimum atomic E-state index is -3.64. The third kappa shape index (κ3) is 3.26. The number of aromatic nitrogens is 1. The highest BCUT2D eigenvalue weighted by Crippen LogP contribution is 2.31. The first-order chi connectivity index (χ1) is 9.95. The van der Waals surface area contributed by atoms with Gasteiger partial charge in [-0.1, -0.05) is 11.6 Å². The standard InChI is InChI=1S/C13H12BrClN2O2S2/c14-9-7-8(5-6-10(9)15)21(18,19)17-13-16-11-3-1-2-4-12(11)20-13/h5-7H,1-4H2,(H,16,17). The Hall–Kier alpha value is -0.630. The molecule has 1 aromatic heterocycles. The van der Waals surface area contributed by atoms with Crippen LogP contribution in [0, 0.1) is 0 Å². The van der Waals surface area contributed by atoms with Gasteiger partial charge in [0.2, 0.25) is 0 Å². The number of halogens is 2. The van der Waals surface area contributed by atoms with Crippen molar-refractivity contribution in [3.8, 4) is 0 Å². The lowest BCUT2D eigenvalue weighted by Crippen LogP contribution is -2.12. The molecule has 112 valence electrons. The maximum atomic E-state index is 12.4. The Morgan fingerprint density at radius 1 is 1.29 bits per heavy atom. The van der Waals surface area contributed by atoms with Gasteiger partial charge in [-0.3, -0.25) is 4.72 Å². The second kappa shape index (κ2) is 5.87. The minimum Gasteiger partial charge on any atom is -0.255 e. The predicted molar refractivity (Wildman–Crippen MR) is 88.7 cm³/mol. The van der Waals surface area contributed by atoms with Crippen LogP contribution in [0.3, 0.4) is 0 Å². The molecule has 0 unspecified atom stereocenters. The molecule has 2 aromatic rings. The van der Waals surface area contributed by atoms with Gasteiger partial charge in [-0.15, -0.1) is 11.3 Å². The molecular formula is C13H12BrClN2O2S2. The maximum absolute atomic E-state index is 12.4. The van der Waals surface area contributed by atoms with Crippen LogP contribution >= 0.6 is 38.9 Å². The molecule has 1 aliphatic carbocycles. The summed E-state index contributed by atoms with van der Waals surface area (Å²) < 4.78 is 27.8. The van der Waals surface area contributed by atoms with Crippen LogP contribution in [0.5, 0.6) is 0 Å². The number of nitrogens with one attached hydrogen (secondary N) is 1. The summed E-state index contributed by atoms with van der Waals surface area (Å²) in [5, 5.41) is 0.909. The quantitative estimate of drug-likeness (QED) is 0.828. The fourth-order valence-corrected chi connectivity index (χ4v) is 5.17. The van der Waals surface area contributed by atoms with Crippen molar-refractivity contribution in [2.24, 2.45) is 0 Å². The Morgan fingerprint density at radius 2 is 2.05 bits per heavy atom. The molecule has 1 aromatic carbocycles. The number of hydrogen-bond donors (Lipinski definition) is 1. The molecule has 0 fully saturated rings. The summed E-state index contributed by atoms with van der Waals surface area (Å²) in [4.78, 5) is 5.74. The molecule has 3 rings (SSSR count). The van der Waals surface area contributed by atoms with E-state index >= 15 is 0 Å². The monoisotopic (exact) mass is 406 g/mol. The zero-order valence-corrected chi connectivity index (χ0v) is 14.9. The summed E-state index contributed by atoms with van der Waals surface area (Å²) in [5.41, 5.74) is 1.03. The predicted octanol–water partition coefficient (Wildman–Crippen LogP) is 4.24. The Morgan fingerprint density at radius 3 is 2.76 bits per heavy atom. The van der Waals surface area contributed by atoms with E-state index in [1.807, 2.05) is 0 Å². The molecule has 0 bridgehead atoms. The lowest BCUT2D eigenvalue weighted by molar-refractivity contribution is 0.601. The number of thiazole rings is 1. The molecule has 0 aliphatic heterocycles. The van der Waals surface area contributed by atoms with Crippen molar-refractivity contribution >= 4 is 54.0 Å². The maximum Gasteiger partial charge on any atom is 0.263 e. The lowest BCUT2D eigenvalue weighted by atomic mass is 10.0. The fraction of sp³-hybridized carbons (Fsp3) is 0.308. The molecule has 1 aliphatic rings. The van der Waals surface area contributed by atoms with Crippen LogP contribution in [0.1, 0.15) is 23.4 Å². The van der Waals surface area contributed by atoms with Gasteiger partial charge in [-0.2, -0.15) is 0 Å². The average Bonchev–Trinajstić information content (AvgIpc) is 2.82. The number of sulfonamides is 1. The Labute approximate surface area is 140 Å². The van der Waals surface area contributed by atoms with Gasteiger partial charge in [0, 0.05) is 9.35 Å². The van der Waals surface area contributed by atoms with Crippen molar-refractivity contribution < 1.29 is 8.42 Å². The molecule has 0 radical (unpaired) electrons. The van der Waals surface area contributed by atoms with Crippen molar-refractivity contribution in [3.05, 3.63) is 38.3 Å². The molecule has 0 spiro atoms. The summed E-state index contributed by atoms with van der Waals surface area (Å²) in [7, 11) is -3.64. The van der Waals surface area contributed by atoms with Crippen LogP contribution in [0.15, 0.2) is 27.6 Å². The van der Waals surface area contributed by atoms with Gasteiger partial charge < -0.3 is 0 Å². The van der Waals surface area contributed by atoms with E-state index in [4.69, 9.17) is 11.6 Å². The zero-order valence-electron chi connectivity index (χ0n) is 10.9. The molecule has 0 saturated carbocycles. The van der Waals surface area contributed by atoms with Crippen LogP contribution in [-0.2, 0) is 22.9 Å². The van der Waals surface area contributed by atoms with Crippen molar-refractivity contribution in [3.63, 3.8) is 0 Å². The second-order valence-corrected chi connectivity index (χ2v) is 8.80. The zero-order chi connectivity index (χ0) is 15.0. The fourth-order valence-electron chi connectivity index (χ4n) is 2.21. The number of fused-ring (bicyclic) bond motifs is 1. The second-order valence-electron chi connectivity index (χ2n) is 4.78. The molecule has 0 saturated heterocycles. The van der Waals surface area contributed by atoms with Crippen molar-refractivity contribution in [1.29, 1.82) is 0 Å². The van der Waals surface area contributed by atoms with E-state index in [0.29, 0.717) is 14.6 Å². The Balaban J connectivity index is 1.88. The molecule has 4 nitrogen and oxygen atoms in total. The van der Waals surface area contributed by atoms with Gasteiger partial charge >= 0.3 is 0 Å². The number of aryl methyl sites for hydroxylation is 2. The highest BCUT2D eigenvalue weighted by Gasteiger charge is 2.20. The van der Waals surface area contributed by atoms with Gasteiger partial charge in [0.25, 0.3) is 10.0 Å². The molecular weight excluding hydrogens is 396 g/mol. The first-order valence-corrected chi connectivity index (χ1v) is 9.89. The van der Waals surface area contributed by atoms with Crippen molar-refractivity contribution in [2.75, 3.05) is 4.72 Å². The third-order valence-corrected chi connectivity index (χ3v) is 7.02. The number of rotatable bonds is 3. The molecule has 8 heteroatoms. The average molecular weight is 408 g/mol. The summed E-state index contributed by atoms with van der Waals surface area (Å²) in [6.45, 7) is 0. The van der Waals surface area contributed by atoms with E-state index in [2.05, 4.69) is 25.6 Å². The van der Waals surface area contributed by atoms with Crippen LogP contribution in [0.25, 0.3) is 0 Å². The first-order valence-electron chi connectivity index (χ1n) is 6.42. The molecule has 1 heterocycles. The Kier molecular flexibility index (Phi) is 4.27. The summed E-state index contributed by atoms with van der Waals surface area (Å²) >= 11 is 10.5. The van der Waals surface area contributed by atoms with Crippen LogP contribution < -0.4 is 4.72 Å². The normalized spacial score (nSPS) is 14.8. The topological polar surface area (TPSA) is 59.1 Å². The Bertz CT molecular complexity index is 766. The van der Waals surface area contributed by atoms with Crippen LogP contribution in [-0.4, -0.2) is 13.4 Å². The minimum absolute atomic E-state index is 0.159. The number of nitrogens with zero attached hydrogens (tertiary/aromatic N) is 1. The van der Waals surface area contributed by atoms with E-state index < -0.39 is 10.0 Å². The number of anilines is 1.